The Kier molecular flexibility index (Phi) is 28.8. The van der Waals surface area contributed by atoms with Crippen LogP contribution in [0.5, 0.6) is 0 Å². The summed E-state index contributed by atoms with van der Waals surface area (Å²) in [5.41, 5.74) is 10.5. The summed E-state index contributed by atoms with van der Waals surface area (Å²) in [5, 5.41) is 6.15. The van der Waals surface area contributed by atoms with Gasteiger partial charge in [-0.25, -0.2) is 64.2 Å². The Morgan fingerprint density at radius 1 is 0.280 bits per heavy atom. The molecule has 0 radical (unpaired) electrons. The number of hydrogen-bond acceptors (Lipinski definition) is 0. The minimum absolute atomic E-state index is 0. The van der Waals surface area contributed by atoms with Crippen molar-refractivity contribution in [2.45, 2.75) is 53.4 Å². The zero-order valence-electron chi connectivity index (χ0n) is 46.2. The molecule has 0 spiro atoms. The third-order valence-electron chi connectivity index (χ3n) is 12.9. The second-order valence-electron chi connectivity index (χ2n) is 19.0. The van der Waals surface area contributed by atoms with E-state index in [9.17, 15) is 17.6 Å². The normalized spacial score (nSPS) is 13.2. The van der Waals surface area contributed by atoms with Crippen LogP contribution in [-0.4, -0.2) is 11.0 Å². The molecule has 0 amide bonds. The number of allylic oxidation sites excluding steroid dienone is 16. The summed E-state index contributed by atoms with van der Waals surface area (Å²) in [6, 6.07) is 71.0. The Labute approximate surface area is 525 Å². The Bertz CT molecular complexity index is 3180. The maximum atomic E-state index is 13.3. The summed E-state index contributed by atoms with van der Waals surface area (Å²) in [6.07, 6.45) is 23.5. The first-order valence-corrected chi connectivity index (χ1v) is 40.1. The predicted octanol–water partition coefficient (Wildman–Crippen LogP) is 10.1. The second kappa shape index (κ2) is 35.3. The molecule has 0 saturated heterocycles. The van der Waals surface area contributed by atoms with Crippen LogP contribution in [0.4, 0.5) is 17.6 Å². The summed E-state index contributed by atoms with van der Waals surface area (Å²) in [7, 11) is 0. The Hall–Kier alpha value is -5.85. The zero-order valence-corrected chi connectivity index (χ0v) is 56.9. The maximum absolute atomic E-state index is 13.3. The molecule has 0 aromatic heterocycles. The molecule has 0 saturated carbocycles. The van der Waals surface area contributed by atoms with Crippen LogP contribution in [-0.2, 0) is 46.0 Å². The van der Waals surface area contributed by atoms with Crippen molar-refractivity contribution in [2.75, 3.05) is 0 Å². The molecule has 12 rings (SSSR count). The Morgan fingerprint density at radius 2 is 0.451 bits per heavy atom. The molecule has 0 bridgehead atoms. The van der Waals surface area contributed by atoms with Gasteiger partial charge in [0, 0.05) is 0 Å². The van der Waals surface area contributed by atoms with Gasteiger partial charge in [-0.3, -0.25) is 24.3 Å². The van der Waals surface area contributed by atoms with Gasteiger partial charge in [-0.05, 0) is 46.5 Å². The van der Waals surface area contributed by atoms with E-state index in [1.54, 1.807) is 48.5 Å². The van der Waals surface area contributed by atoms with Crippen LogP contribution in [0.2, 0.25) is 0 Å². The molecular formula is C72H60Cl2F4Hf2Si2-2. The van der Waals surface area contributed by atoms with Crippen molar-refractivity contribution < 1.29 is 88.4 Å². The van der Waals surface area contributed by atoms with Gasteiger partial charge in [-0.1, -0.05) is 100 Å². The van der Waals surface area contributed by atoms with E-state index < -0.39 is 11.0 Å². The van der Waals surface area contributed by atoms with Gasteiger partial charge >= 0.3 is 199 Å². The number of rotatable bonds is 8. The van der Waals surface area contributed by atoms with Crippen LogP contribution < -0.4 is 45.6 Å². The SMILES string of the molecule is CC1=[C-]CC(c2ccccc2F)=C1.CC1=[C-]CC(c2ccccc2F)=C1.CC1=[C-]CC(c2ccccc2F)=C1.CC1=[C-]CC(c2ccccc2F)=C1.[Cl-].[Cl-].[Hf+2]=[Si](c1ccccc1)c1ccccc1.[Hf+2]=[Si](c1ccccc1)c1ccccc1. The second-order valence-corrected chi connectivity index (χ2v) is 33.5. The third-order valence-corrected chi connectivity index (χ3v) is 29.0. The van der Waals surface area contributed by atoms with Crippen LogP contribution in [0, 0.1) is 47.6 Å². The number of halogens is 6. The quantitative estimate of drug-likeness (QED) is 0.0808. The molecule has 8 aromatic rings. The van der Waals surface area contributed by atoms with Crippen molar-refractivity contribution in [3.8, 4) is 0 Å². The van der Waals surface area contributed by atoms with Gasteiger partial charge in [0.15, 0.2) is 0 Å². The molecule has 0 N–H and O–H groups in total. The van der Waals surface area contributed by atoms with Crippen LogP contribution in [0.25, 0.3) is 22.3 Å². The molecular weight excluding hydrogens is 1420 g/mol. The van der Waals surface area contributed by atoms with Gasteiger partial charge in [0.2, 0.25) is 0 Å². The van der Waals surface area contributed by atoms with Gasteiger partial charge in [-0.15, -0.1) is 48.0 Å². The summed E-state index contributed by atoms with van der Waals surface area (Å²) in [5.74, 6) is -0.592. The Balaban J connectivity index is 0.000000180. The average Bonchev–Trinajstić information content (AvgIpc) is 4.35. The fraction of sp³-hybridized carbons (Fsp3) is 0.111. The van der Waals surface area contributed by atoms with Crippen LogP contribution in [0.3, 0.4) is 0 Å². The van der Waals surface area contributed by atoms with Crippen molar-refractivity contribution >= 4 is 54.0 Å². The van der Waals surface area contributed by atoms with Crippen molar-refractivity contribution in [1.82, 2.24) is 0 Å². The number of hydrogen-bond donors (Lipinski definition) is 0. The first-order chi connectivity index (χ1) is 38.8. The fourth-order valence-electron chi connectivity index (χ4n) is 8.72. The van der Waals surface area contributed by atoms with Gasteiger partial charge in [-0.2, -0.15) is 0 Å². The van der Waals surface area contributed by atoms with E-state index in [0.717, 1.165) is 70.3 Å². The molecule has 0 heterocycles. The predicted molar refractivity (Wildman–Crippen MR) is 322 cm³/mol. The van der Waals surface area contributed by atoms with E-state index in [1.165, 1.54) is 91.0 Å². The first-order valence-electron chi connectivity index (χ1n) is 26.3. The molecule has 4 aliphatic carbocycles. The molecule has 0 nitrogen and oxygen atoms in total. The molecule has 10 heteroatoms. The summed E-state index contributed by atoms with van der Waals surface area (Å²) < 4.78 is 53.2. The molecule has 8 aromatic carbocycles. The summed E-state index contributed by atoms with van der Waals surface area (Å²) in [4.78, 5) is 0. The first kappa shape index (κ1) is 66.9. The molecule has 4 aliphatic rings. The summed E-state index contributed by atoms with van der Waals surface area (Å²) in [6.45, 7) is 7.92. The molecule has 0 fully saturated rings. The molecule has 408 valence electrons. The van der Waals surface area contributed by atoms with Crippen molar-refractivity contribution in [3.05, 3.63) is 335 Å². The monoisotopic (exact) mass is 1490 g/mol. The molecule has 82 heavy (non-hydrogen) atoms. The number of benzene rings is 8. The Morgan fingerprint density at radius 3 is 0.610 bits per heavy atom. The van der Waals surface area contributed by atoms with Gasteiger partial charge in [0.25, 0.3) is 0 Å². The fourth-order valence-corrected chi connectivity index (χ4v) is 18.7. The van der Waals surface area contributed by atoms with Gasteiger partial charge in [0.05, 0.1) is 0 Å². The van der Waals surface area contributed by atoms with E-state index >= 15 is 0 Å². The van der Waals surface area contributed by atoms with E-state index in [0.29, 0.717) is 22.3 Å². The standard InChI is InChI=1S/4C12H10F.2C12H10Si.2ClH.2Hf/c4*1-9-6-7-10(8-9)11-4-2-3-5-12(11)13;2*1-3-7-11(8-4-1)13-12-9-5-2-6-10-12;;;;/h4*2-5,8H,7H2,1H3;2*1-10H;2*1H;;/q4*-1;;;;;2*+2/p-2. The van der Waals surface area contributed by atoms with E-state index in [4.69, 9.17) is 0 Å². The van der Waals surface area contributed by atoms with Crippen molar-refractivity contribution in [3.63, 3.8) is 0 Å². The zero-order chi connectivity index (χ0) is 56.6. The molecule has 0 unspecified atom stereocenters. The average molecular weight is 1490 g/mol. The van der Waals surface area contributed by atoms with Crippen LogP contribution in [0.15, 0.2) is 265 Å². The van der Waals surface area contributed by atoms with E-state index in [2.05, 4.69) is 146 Å². The van der Waals surface area contributed by atoms with E-state index in [1.807, 2.05) is 76.3 Å². The molecule has 0 atom stereocenters. The topological polar surface area (TPSA) is 0 Å². The van der Waals surface area contributed by atoms with Crippen LogP contribution >= 0.6 is 0 Å². The van der Waals surface area contributed by atoms with Gasteiger partial charge in [0.1, 0.15) is 23.3 Å². The minimum atomic E-state index is -0.406. The van der Waals surface area contributed by atoms with E-state index in [-0.39, 0.29) is 48.1 Å². The third kappa shape index (κ3) is 20.8. The van der Waals surface area contributed by atoms with Crippen molar-refractivity contribution in [1.29, 1.82) is 0 Å². The van der Waals surface area contributed by atoms with Crippen LogP contribution in [0.1, 0.15) is 75.6 Å². The van der Waals surface area contributed by atoms with Crippen molar-refractivity contribution in [2.24, 2.45) is 0 Å². The van der Waals surface area contributed by atoms with Gasteiger partial charge < -0.3 is 24.8 Å². The summed E-state index contributed by atoms with van der Waals surface area (Å²) >= 11 is 2.53. The molecule has 0 aliphatic heterocycles.